The summed E-state index contributed by atoms with van der Waals surface area (Å²) in [6.07, 6.45) is 6.55. The van der Waals surface area contributed by atoms with E-state index in [1.54, 1.807) is 4.90 Å². The molecule has 1 aliphatic heterocycles. The first-order valence-electron chi connectivity index (χ1n) is 10.3. The summed E-state index contributed by atoms with van der Waals surface area (Å²) in [5.74, 6) is 0.524. The van der Waals surface area contributed by atoms with Crippen molar-refractivity contribution < 1.29 is 19.8 Å². The Morgan fingerprint density at radius 3 is 2.62 bits per heavy atom. The van der Waals surface area contributed by atoms with E-state index >= 15 is 0 Å². The van der Waals surface area contributed by atoms with Gasteiger partial charge in [0.25, 0.3) is 6.47 Å². The maximum atomic E-state index is 12.6. The zero-order chi connectivity index (χ0) is 21.1. The Balaban J connectivity index is 0.000000941. The maximum absolute atomic E-state index is 12.6. The standard InChI is InChI=1S/C20H30ClN3O2.CH2O2/c21-19-8-4-1-5-17(19)15-24(11-12-25)20(26)22-13-16-9-10-23(14-16)18-6-2-3-7-18;2-1-3/h1,4-5,8,16,18,25H,2-3,6-7,9-15H2,(H,22,26);1H,(H,2,3). The normalized spacial score (nSPS) is 19.4. The Kier molecular flexibility index (Phi) is 10.2. The highest BCUT2D eigenvalue weighted by atomic mass is 35.5. The molecule has 1 unspecified atom stereocenters. The van der Waals surface area contributed by atoms with Crippen LogP contribution < -0.4 is 5.32 Å². The number of aliphatic hydroxyl groups is 1. The SMILES string of the molecule is O=C(NCC1CCN(C2CCCC2)C1)N(CCO)Cc1ccccc1Cl.O=CO. The lowest BCUT2D eigenvalue weighted by Crippen LogP contribution is -2.43. The number of aliphatic hydroxyl groups excluding tert-OH is 1. The third kappa shape index (κ3) is 7.49. The van der Waals surface area contributed by atoms with Crippen LogP contribution in [0.25, 0.3) is 0 Å². The molecule has 1 aromatic rings. The van der Waals surface area contributed by atoms with E-state index in [1.165, 1.54) is 25.7 Å². The lowest BCUT2D eigenvalue weighted by atomic mass is 10.1. The van der Waals surface area contributed by atoms with Crippen molar-refractivity contribution in [3.63, 3.8) is 0 Å². The molecule has 1 heterocycles. The van der Waals surface area contributed by atoms with Crippen molar-refractivity contribution in [1.29, 1.82) is 0 Å². The molecule has 0 radical (unpaired) electrons. The highest BCUT2D eigenvalue weighted by Crippen LogP contribution is 2.28. The summed E-state index contributed by atoms with van der Waals surface area (Å²) in [5.41, 5.74) is 0.894. The summed E-state index contributed by atoms with van der Waals surface area (Å²) in [4.78, 5) is 25.2. The van der Waals surface area contributed by atoms with E-state index in [4.69, 9.17) is 21.5 Å². The molecule has 0 spiro atoms. The second kappa shape index (κ2) is 12.7. The number of halogens is 1. The minimum Gasteiger partial charge on any atom is -0.483 e. The first-order valence-corrected chi connectivity index (χ1v) is 10.7. The summed E-state index contributed by atoms with van der Waals surface area (Å²) in [7, 11) is 0. The molecule has 0 aromatic heterocycles. The Morgan fingerprint density at radius 2 is 1.97 bits per heavy atom. The monoisotopic (exact) mass is 425 g/mol. The van der Waals surface area contributed by atoms with Crippen LogP contribution in [-0.4, -0.2) is 71.3 Å². The molecule has 1 aromatic carbocycles. The number of nitrogens with zero attached hydrogens (tertiary/aromatic N) is 2. The molecule has 2 fully saturated rings. The van der Waals surface area contributed by atoms with Gasteiger partial charge in [-0.3, -0.25) is 4.79 Å². The van der Waals surface area contributed by atoms with Crippen LogP contribution in [0.5, 0.6) is 0 Å². The molecule has 0 bridgehead atoms. The van der Waals surface area contributed by atoms with Crippen molar-refractivity contribution in [3.8, 4) is 0 Å². The van der Waals surface area contributed by atoms with Crippen molar-refractivity contribution >= 4 is 24.1 Å². The molecule has 1 aliphatic carbocycles. The predicted molar refractivity (Wildman–Crippen MR) is 113 cm³/mol. The van der Waals surface area contributed by atoms with Crippen molar-refractivity contribution in [2.45, 2.75) is 44.7 Å². The zero-order valence-corrected chi connectivity index (χ0v) is 17.6. The first-order chi connectivity index (χ1) is 14.1. The second-order valence-corrected chi connectivity index (χ2v) is 8.02. The van der Waals surface area contributed by atoms with Crippen LogP contribution in [-0.2, 0) is 11.3 Å². The molecule has 2 amide bonds. The van der Waals surface area contributed by atoms with Crippen molar-refractivity contribution in [2.75, 3.05) is 32.8 Å². The Labute approximate surface area is 177 Å². The Bertz CT molecular complexity index is 640. The van der Waals surface area contributed by atoms with Crippen LogP contribution in [0.2, 0.25) is 5.02 Å². The molecular weight excluding hydrogens is 394 g/mol. The van der Waals surface area contributed by atoms with Crippen LogP contribution in [0.4, 0.5) is 4.79 Å². The van der Waals surface area contributed by atoms with Gasteiger partial charge in [-0.15, -0.1) is 0 Å². The number of carbonyl (C=O) groups excluding carboxylic acids is 1. The van der Waals surface area contributed by atoms with E-state index in [1.807, 2.05) is 24.3 Å². The largest absolute Gasteiger partial charge is 0.483 e. The average molecular weight is 426 g/mol. The molecule has 8 heteroatoms. The number of hydrogen-bond acceptors (Lipinski definition) is 4. The third-order valence-electron chi connectivity index (χ3n) is 5.68. The number of hydrogen-bond donors (Lipinski definition) is 3. The van der Waals surface area contributed by atoms with Gasteiger partial charge >= 0.3 is 6.03 Å². The number of rotatable bonds is 7. The lowest BCUT2D eigenvalue weighted by Gasteiger charge is -2.25. The van der Waals surface area contributed by atoms with Gasteiger partial charge in [-0.1, -0.05) is 42.6 Å². The molecule has 1 saturated heterocycles. The predicted octanol–water partition coefficient (Wildman–Crippen LogP) is 2.81. The fraction of sp³-hybridized carbons (Fsp3) is 0.619. The van der Waals surface area contributed by atoms with Crippen LogP contribution in [0.15, 0.2) is 24.3 Å². The lowest BCUT2D eigenvalue weighted by molar-refractivity contribution is -0.122. The van der Waals surface area contributed by atoms with E-state index in [2.05, 4.69) is 10.2 Å². The van der Waals surface area contributed by atoms with Gasteiger partial charge in [0.1, 0.15) is 0 Å². The molecule has 162 valence electrons. The van der Waals surface area contributed by atoms with Crippen LogP contribution >= 0.6 is 11.6 Å². The maximum Gasteiger partial charge on any atom is 0.317 e. The van der Waals surface area contributed by atoms with Gasteiger partial charge in [-0.2, -0.15) is 0 Å². The van der Waals surface area contributed by atoms with Gasteiger partial charge in [-0.25, -0.2) is 4.79 Å². The first kappa shape index (κ1) is 23.4. The molecule has 7 nitrogen and oxygen atoms in total. The van der Waals surface area contributed by atoms with Crippen molar-refractivity contribution in [2.24, 2.45) is 5.92 Å². The smallest absolute Gasteiger partial charge is 0.317 e. The number of nitrogens with one attached hydrogen (secondary N) is 1. The minimum absolute atomic E-state index is 0.0588. The second-order valence-electron chi connectivity index (χ2n) is 7.62. The Morgan fingerprint density at radius 1 is 1.28 bits per heavy atom. The molecular formula is C21H32ClN3O4. The quantitative estimate of drug-likeness (QED) is 0.584. The summed E-state index contributed by atoms with van der Waals surface area (Å²) in [6, 6.07) is 8.16. The molecule has 29 heavy (non-hydrogen) atoms. The van der Waals surface area contributed by atoms with E-state index in [0.29, 0.717) is 30.6 Å². The van der Waals surface area contributed by atoms with Gasteiger partial charge < -0.3 is 25.3 Å². The number of carboxylic acid groups (broad SMARTS) is 1. The molecule has 3 rings (SSSR count). The number of benzene rings is 1. The van der Waals surface area contributed by atoms with E-state index in [0.717, 1.165) is 31.1 Å². The molecule has 1 saturated carbocycles. The molecule has 1 atom stereocenters. The van der Waals surface area contributed by atoms with Crippen molar-refractivity contribution in [1.82, 2.24) is 15.1 Å². The van der Waals surface area contributed by atoms with Gasteiger partial charge in [0.05, 0.1) is 6.61 Å². The van der Waals surface area contributed by atoms with Gasteiger partial charge in [0.2, 0.25) is 0 Å². The average Bonchev–Trinajstić information content (AvgIpc) is 3.40. The summed E-state index contributed by atoms with van der Waals surface area (Å²) >= 11 is 6.21. The van der Waals surface area contributed by atoms with E-state index < -0.39 is 0 Å². The Hall–Kier alpha value is -1.83. The van der Waals surface area contributed by atoms with Crippen LogP contribution in [0.3, 0.4) is 0 Å². The van der Waals surface area contributed by atoms with Gasteiger partial charge in [0, 0.05) is 37.2 Å². The third-order valence-corrected chi connectivity index (χ3v) is 6.05. The van der Waals surface area contributed by atoms with E-state index in [-0.39, 0.29) is 19.1 Å². The number of likely N-dealkylation sites (tertiary alicyclic amines) is 1. The fourth-order valence-electron chi connectivity index (χ4n) is 4.18. The number of amides is 2. The highest BCUT2D eigenvalue weighted by Gasteiger charge is 2.30. The molecule has 3 N–H and O–H groups in total. The van der Waals surface area contributed by atoms with Crippen LogP contribution in [0, 0.1) is 5.92 Å². The van der Waals surface area contributed by atoms with E-state index in [9.17, 15) is 9.90 Å². The zero-order valence-electron chi connectivity index (χ0n) is 16.8. The summed E-state index contributed by atoms with van der Waals surface area (Å²) < 4.78 is 0. The van der Waals surface area contributed by atoms with Gasteiger partial charge in [-0.05, 0) is 43.4 Å². The number of urea groups is 1. The minimum atomic E-state index is -0.250. The molecule has 2 aliphatic rings. The fourth-order valence-corrected chi connectivity index (χ4v) is 4.37. The topological polar surface area (TPSA) is 93.1 Å². The van der Waals surface area contributed by atoms with Crippen molar-refractivity contribution in [3.05, 3.63) is 34.9 Å². The number of carbonyl (C=O) groups is 2. The summed E-state index contributed by atoms with van der Waals surface area (Å²) in [6.45, 7) is 3.35. The van der Waals surface area contributed by atoms with Crippen LogP contribution in [0.1, 0.15) is 37.7 Å². The summed E-state index contributed by atoms with van der Waals surface area (Å²) in [5, 5.41) is 19.9. The highest BCUT2D eigenvalue weighted by molar-refractivity contribution is 6.31. The van der Waals surface area contributed by atoms with Gasteiger partial charge in [0.15, 0.2) is 0 Å².